The standard InChI is InChI=1S/C12H11F2N3O3S2/c13-9-2-1-8(7-10(9)14)22(19,20)16-4-3-11(18)17-12-15-5-6-21-12/h1-2,5-7,16H,3-4H2,(H,15,17,18). The third kappa shape index (κ3) is 4.29. The third-order valence-corrected chi connectivity index (χ3v) is 4.67. The topological polar surface area (TPSA) is 88.2 Å². The molecule has 0 atom stereocenters. The number of thiazole rings is 1. The van der Waals surface area contributed by atoms with Gasteiger partial charge in [0.25, 0.3) is 0 Å². The second-order valence-corrected chi connectivity index (χ2v) is 6.77. The summed E-state index contributed by atoms with van der Waals surface area (Å²) in [4.78, 5) is 15.0. The molecule has 10 heteroatoms. The van der Waals surface area contributed by atoms with Crippen LogP contribution < -0.4 is 10.0 Å². The first-order chi connectivity index (χ1) is 10.4. The van der Waals surface area contributed by atoms with Crippen LogP contribution in [0.2, 0.25) is 0 Å². The van der Waals surface area contributed by atoms with Gasteiger partial charge in [0.2, 0.25) is 15.9 Å². The number of sulfonamides is 1. The summed E-state index contributed by atoms with van der Waals surface area (Å²) in [6.45, 7) is -0.182. The van der Waals surface area contributed by atoms with E-state index < -0.39 is 32.5 Å². The maximum absolute atomic E-state index is 13.0. The fraction of sp³-hybridized carbons (Fsp3) is 0.167. The first-order valence-electron chi connectivity index (χ1n) is 6.02. The van der Waals surface area contributed by atoms with Crippen molar-refractivity contribution in [2.75, 3.05) is 11.9 Å². The lowest BCUT2D eigenvalue weighted by atomic mass is 10.3. The normalized spacial score (nSPS) is 11.4. The van der Waals surface area contributed by atoms with Gasteiger partial charge in [-0.15, -0.1) is 11.3 Å². The van der Waals surface area contributed by atoms with E-state index in [4.69, 9.17) is 0 Å². The summed E-state index contributed by atoms with van der Waals surface area (Å²) in [7, 11) is -4.01. The van der Waals surface area contributed by atoms with Crippen LogP contribution in [0.25, 0.3) is 0 Å². The van der Waals surface area contributed by atoms with E-state index in [1.807, 2.05) is 0 Å². The number of amides is 1. The van der Waals surface area contributed by atoms with Crippen molar-refractivity contribution in [1.82, 2.24) is 9.71 Å². The van der Waals surface area contributed by atoms with Gasteiger partial charge < -0.3 is 5.32 Å². The first-order valence-corrected chi connectivity index (χ1v) is 8.39. The number of rotatable bonds is 6. The van der Waals surface area contributed by atoms with Crippen molar-refractivity contribution in [3.05, 3.63) is 41.4 Å². The molecule has 0 aliphatic heterocycles. The van der Waals surface area contributed by atoms with E-state index in [-0.39, 0.29) is 13.0 Å². The van der Waals surface area contributed by atoms with E-state index in [0.29, 0.717) is 11.2 Å². The van der Waals surface area contributed by atoms with Crippen LogP contribution in [0.5, 0.6) is 0 Å². The molecule has 118 valence electrons. The quantitative estimate of drug-likeness (QED) is 0.833. The lowest BCUT2D eigenvalue weighted by Gasteiger charge is -2.07. The summed E-state index contributed by atoms with van der Waals surface area (Å²) in [5, 5.41) is 4.58. The highest BCUT2D eigenvalue weighted by molar-refractivity contribution is 7.89. The molecule has 0 radical (unpaired) electrons. The molecule has 6 nitrogen and oxygen atoms in total. The maximum atomic E-state index is 13.0. The fourth-order valence-corrected chi connectivity index (χ4v) is 3.08. The second-order valence-electron chi connectivity index (χ2n) is 4.11. The molecule has 0 fully saturated rings. The van der Waals surface area contributed by atoms with Crippen LogP contribution in [-0.4, -0.2) is 25.9 Å². The molecule has 2 rings (SSSR count). The Bertz CT molecular complexity index is 764. The van der Waals surface area contributed by atoms with E-state index in [1.54, 1.807) is 5.38 Å². The minimum Gasteiger partial charge on any atom is -0.302 e. The van der Waals surface area contributed by atoms with Gasteiger partial charge in [0, 0.05) is 24.5 Å². The van der Waals surface area contributed by atoms with Gasteiger partial charge in [-0.3, -0.25) is 4.79 Å². The zero-order valence-electron chi connectivity index (χ0n) is 11.0. The highest BCUT2D eigenvalue weighted by Crippen LogP contribution is 2.14. The van der Waals surface area contributed by atoms with Crippen LogP contribution in [0.3, 0.4) is 0 Å². The number of anilines is 1. The van der Waals surface area contributed by atoms with Crippen LogP contribution in [0.1, 0.15) is 6.42 Å². The number of hydrogen-bond donors (Lipinski definition) is 2. The molecule has 2 aromatic rings. The zero-order chi connectivity index (χ0) is 16.2. The molecule has 1 aromatic carbocycles. The Hall–Kier alpha value is -1.91. The van der Waals surface area contributed by atoms with Crippen LogP contribution in [-0.2, 0) is 14.8 Å². The first kappa shape index (κ1) is 16.5. The number of carbonyl (C=O) groups excluding carboxylic acids is 1. The average Bonchev–Trinajstić information content (AvgIpc) is 2.94. The van der Waals surface area contributed by atoms with Crippen molar-refractivity contribution in [3.8, 4) is 0 Å². The van der Waals surface area contributed by atoms with Gasteiger partial charge in [0.1, 0.15) is 0 Å². The predicted molar refractivity (Wildman–Crippen MR) is 76.9 cm³/mol. The van der Waals surface area contributed by atoms with Gasteiger partial charge in [-0.25, -0.2) is 26.9 Å². The Morgan fingerprint density at radius 3 is 2.68 bits per heavy atom. The summed E-state index contributed by atoms with van der Waals surface area (Å²) in [6.07, 6.45) is 1.40. The molecule has 22 heavy (non-hydrogen) atoms. The highest BCUT2D eigenvalue weighted by Gasteiger charge is 2.16. The van der Waals surface area contributed by atoms with Gasteiger partial charge in [-0.05, 0) is 18.2 Å². The van der Waals surface area contributed by atoms with Crippen molar-refractivity contribution < 1.29 is 22.0 Å². The van der Waals surface area contributed by atoms with Crippen LogP contribution in [0.15, 0.2) is 34.7 Å². The molecule has 0 aliphatic carbocycles. The van der Waals surface area contributed by atoms with Crippen molar-refractivity contribution >= 4 is 32.4 Å². The van der Waals surface area contributed by atoms with E-state index in [2.05, 4.69) is 15.0 Å². The van der Waals surface area contributed by atoms with Gasteiger partial charge in [0.05, 0.1) is 4.90 Å². The minimum atomic E-state index is -4.01. The Kier molecular flexibility index (Phi) is 5.16. The molecule has 2 N–H and O–H groups in total. The van der Waals surface area contributed by atoms with Crippen molar-refractivity contribution in [1.29, 1.82) is 0 Å². The molecule has 1 aromatic heterocycles. The maximum Gasteiger partial charge on any atom is 0.240 e. The lowest BCUT2D eigenvalue weighted by molar-refractivity contribution is -0.116. The van der Waals surface area contributed by atoms with Crippen LogP contribution in [0.4, 0.5) is 13.9 Å². The molecular formula is C12H11F2N3O3S2. The summed E-state index contributed by atoms with van der Waals surface area (Å²) >= 11 is 1.23. The number of halogens is 2. The monoisotopic (exact) mass is 347 g/mol. The summed E-state index contributed by atoms with van der Waals surface area (Å²) < 4.78 is 51.7. The zero-order valence-corrected chi connectivity index (χ0v) is 12.7. The fourth-order valence-electron chi connectivity index (χ4n) is 1.49. The van der Waals surface area contributed by atoms with Gasteiger partial charge >= 0.3 is 0 Å². The largest absolute Gasteiger partial charge is 0.302 e. The number of carbonyl (C=O) groups is 1. The molecule has 1 amide bonds. The smallest absolute Gasteiger partial charge is 0.240 e. The number of hydrogen-bond acceptors (Lipinski definition) is 5. The van der Waals surface area contributed by atoms with Gasteiger partial charge in [0.15, 0.2) is 16.8 Å². The lowest BCUT2D eigenvalue weighted by Crippen LogP contribution is -2.28. The van der Waals surface area contributed by atoms with Crippen LogP contribution in [0, 0.1) is 11.6 Å². The number of benzene rings is 1. The number of aromatic nitrogens is 1. The summed E-state index contributed by atoms with van der Waals surface area (Å²) in [5.41, 5.74) is 0. The minimum absolute atomic E-state index is 0.123. The Morgan fingerprint density at radius 2 is 2.05 bits per heavy atom. The molecule has 0 saturated carbocycles. The van der Waals surface area contributed by atoms with Crippen molar-refractivity contribution in [3.63, 3.8) is 0 Å². The predicted octanol–water partition coefficient (Wildman–Crippen LogP) is 1.73. The summed E-state index contributed by atoms with van der Waals surface area (Å²) in [6, 6.07) is 2.24. The van der Waals surface area contributed by atoms with Crippen molar-refractivity contribution in [2.45, 2.75) is 11.3 Å². The van der Waals surface area contributed by atoms with Gasteiger partial charge in [-0.2, -0.15) is 0 Å². The molecular weight excluding hydrogens is 336 g/mol. The highest BCUT2D eigenvalue weighted by atomic mass is 32.2. The second kappa shape index (κ2) is 6.90. The molecule has 0 bridgehead atoms. The molecule has 0 saturated heterocycles. The van der Waals surface area contributed by atoms with E-state index in [0.717, 1.165) is 12.1 Å². The average molecular weight is 347 g/mol. The number of nitrogens with one attached hydrogen (secondary N) is 2. The van der Waals surface area contributed by atoms with E-state index in [1.165, 1.54) is 17.5 Å². The Labute approximate surface area is 129 Å². The Balaban J connectivity index is 1.89. The van der Waals surface area contributed by atoms with E-state index >= 15 is 0 Å². The molecule has 0 unspecified atom stereocenters. The molecule has 1 heterocycles. The van der Waals surface area contributed by atoms with Crippen LogP contribution >= 0.6 is 11.3 Å². The Morgan fingerprint density at radius 1 is 1.27 bits per heavy atom. The summed E-state index contributed by atoms with van der Waals surface area (Å²) in [5.74, 6) is -2.81. The molecule has 0 aliphatic rings. The van der Waals surface area contributed by atoms with Crippen molar-refractivity contribution in [2.24, 2.45) is 0 Å². The van der Waals surface area contributed by atoms with Gasteiger partial charge in [-0.1, -0.05) is 0 Å². The molecule has 0 spiro atoms. The SMILES string of the molecule is O=C(CCNS(=O)(=O)c1ccc(F)c(F)c1)Nc1nccs1. The van der Waals surface area contributed by atoms with E-state index in [9.17, 15) is 22.0 Å². The number of nitrogens with zero attached hydrogens (tertiary/aromatic N) is 1. The third-order valence-electron chi connectivity index (χ3n) is 2.52.